The predicted molar refractivity (Wildman–Crippen MR) is 65.2 cm³/mol. The number of hydrogen-bond acceptors (Lipinski definition) is 5. The molecule has 0 aliphatic heterocycles. The summed E-state index contributed by atoms with van der Waals surface area (Å²) in [6.45, 7) is 3.48. The molecular formula is C11H10N2OS2. The average molecular weight is 250 g/mol. The average Bonchev–Trinajstić information content (AvgIpc) is 2.65. The van der Waals surface area contributed by atoms with Gasteiger partial charge in [0.05, 0.1) is 0 Å². The van der Waals surface area contributed by atoms with Crippen molar-refractivity contribution in [3.8, 4) is 0 Å². The number of thiazole rings is 1. The number of hydrogen-bond donors (Lipinski definition) is 0. The minimum atomic E-state index is -0.0124. The molecule has 0 saturated carbocycles. The Morgan fingerprint density at radius 2 is 2.25 bits per heavy atom. The highest BCUT2D eigenvalue weighted by atomic mass is 32.2. The molecule has 0 atom stereocenters. The molecule has 2 rings (SSSR count). The number of Topliss-reactive ketones (excluding diaryl/α,β-unsaturated/α-hetero) is 1. The maximum Gasteiger partial charge on any atom is 0.178 e. The van der Waals surface area contributed by atoms with Crippen molar-refractivity contribution in [1.29, 1.82) is 0 Å². The van der Waals surface area contributed by atoms with Crippen molar-refractivity contribution in [3.05, 3.63) is 35.1 Å². The van der Waals surface area contributed by atoms with Crippen molar-refractivity contribution in [2.45, 2.75) is 23.1 Å². The van der Waals surface area contributed by atoms with Gasteiger partial charge >= 0.3 is 0 Å². The summed E-state index contributed by atoms with van der Waals surface area (Å²) in [5, 5.41) is 2.01. The van der Waals surface area contributed by atoms with Gasteiger partial charge in [-0.2, -0.15) is 0 Å². The van der Waals surface area contributed by atoms with Crippen molar-refractivity contribution in [3.63, 3.8) is 0 Å². The van der Waals surface area contributed by atoms with Crippen molar-refractivity contribution in [2.24, 2.45) is 0 Å². The summed E-state index contributed by atoms with van der Waals surface area (Å²) in [6.07, 6.45) is 1.71. The molecule has 2 aromatic rings. The van der Waals surface area contributed by atoms with Gasteiger partial charge in [-0.3, -0.25) is 9.78 Å². The van der Waals surface area contributed by atoms with E-state index in [1.54, 1.807) is 35.4 Å². The van der Waals surface area contributed by atoms with Crippen LogP contribution in [-0.4, -0.2) is 15.8 Å². The van der Waals surface area contributed by atoms with Gasteiger partial charge in [-0.15, -0.1) is 11.3 Å². The van der Waals surface area contributed by atoms with Crippen molar-refractivity contribution < 1.29 is 4.79 Å². The van der Waals surface area contributed by atoms with E-state index in [-0.39, 0.29) is 5.78 Å². The van der Waals surface area contributed by atoms with Crippen molar-refractivity contribution in [2.75, 3.05) is 0 Å². The van der Waals surface area contributed by atoms with E-state index in [9.17, 15) is 4.79 Å². The van der Waals surface area contributed by atoms with Gasteiger partial charge in [-0.25, -0.2) is 4.98 Å². The predicted octanol–water partition coefficient (Wildman–Crippen LogP) is 3.20. The quantitative estimate of drug-likeness (QED) is 0.785. The summed E-state index contributed by atoms with van der Waals surface area (Å²) in [5.41, 5.74) is 1.53. The van der Waals surface area contributed by atoms with E-state index in [1.807, 2.05) is 18.4 Å². The molecule has 0 spiro atoms. The number of carbonyl (C=O) groups excluding carboxylic acids is 1. The molecule has 0 bridgehead atoms. The normalized spacial score (nSPS) is 10.4. The highest BCUT2D eigenvalue weighted by molar-refractivity contribution is 8.01. The van der Waals surface area contributed by atoms with E-state index < -0.39 is 0 Å². The fourth-order valence-electron chi connectivity index (χ4n) is 1.13. The fourth-order valence-corrected chi connectivity index (χ4v) is 2.91. The molecule has 0 N–H and O–H groups in total. The Kier molecular flexibility index (Phi) is 3.36. The van der Waals surface area contributed by atoms with Gasteiger partial charge in [-0.05, 0) is 19.1 Å². The first-order valence-corrected chi connectivity index (χ1v) is 6.42. The number of aromatic nitrogens is 2. The summed E-state index contributed by atoms with van der Waals surface area (Å²) in [7, 11) is 0. The lowest BCUT2D eigenvalue weighted by Gasteiger charge is -1.98. The minimum Gasteiger partial charge on any atom is -0.293 e. The Hall–Kier alpha value is -1.20. The second kappa shape index (κ2) is 4.76. The molecule has 0 aliphatic carbocycles. The van der Waals surface area contributed by atoms with Crippen LogP contribution in [0.4, 0.5) is 0 Å². The van der Waals surface area contributed by atoms with Crippen LogP contribution in [0.1, 0.15) is 23.1 Å². The summed E-state index contributed by atoms with van der Waals surface area (Å²) in [4.78, 5) is 20.5. The number of ketones is 1. The van der Waals surface area contributed by atoms with Crippen LogP contribution >= 0.6 is 23.1 Å². The maximum atomic E-state index is 11.0. The first-order chi connectivity index (χ1) is 7.65. The molecule has 2 aromatic heterocycles. The lowest BCUT2D eigenvalue weighted by atomic mass is 10.3. The van der Waals surface area contributed by atoms with E-state index in [0.717, 1.165) is 14.9 Å². The summed E-state index contributed by atoms with van der Waals surface area (Å²) < 4.78 is 0.995. The number of pyridine rings is 1. The largest absolute Gasteiger partial charge is 0.293 e. The second-order valence-corrected chi connectivity index (χ2v) is 5.47. The first-order valence-electron chi connectivity index (χ1n) is 4.72. The molecule has 0 unspecified atom stereocenters. The third kappa shape index (κ3) is 2.68. The lowest BCUT2D eigenvalue weighted by molar-refractivity contribution is 0.101. The molecule has 3 nitrogen and oxygen atoms in total. The van der Waals surface area contributed by atoms with Crippen LogP contribution in [0, 0.1) is 6.92 Å². The molecule has 0 radical (unpaired) electrons. The van der Waals surface area contributed by atoms with E-state index in [0.29, 0.717) is 5.69 Å². The number of rotatable bonds is 3. The maximum absolute atomic E-state index is 11.0. The SMILES string of the molecule is CC(=O)c1ccc(Sc2nc(C)cs2)cn1. The van der Waals surface area contributed by atoms with Crippen molar-refractivity contribution in [1.82, 2.24) is 9.97 Å². The first kappa shape index (κ1) is 11.3. The van der Waals surface area contributed by atoms with Crippen LogP contribution in [0.3, 0.4) is 0 Å². The number of nitrogens with zero attached hydrogens (tertiary/aromatic N) is 2. The highest BCUT2D eigenvalue weighted by Crippen LogP contribution is 2.29. The Labute approximate surface area is 102 Å². The van der Waals surface area contributed by atoms with E-state index >= 15 is 0 Å². The molecule has 0 aliphatic rings. The smallest absolute Gasteiger partial charge is 0.178 e. The molecule has 0 aromatic carbocycles. The Bertz CT molecular complexity index is 505. The zero-order valence-corrected chi connectivity index (χ0v) is 10.6. The third-order valence-corrected chi connectivity index (χ3v) is 3.93. The van der Waals surface area contributed by atoms with E-state index in [4.69, 9.17) is 0 Å². The van der Waals surface area contributed by atoms with Gasteiger partial charge in [0, 0.05) is 29.1 Å². The minimum absolute atomic E-state index is 0.0124. The van der Waals surface area contributed by atoms with Gasteiger partial charge in [-0.1, -0.05) is 11.8 Å². The molecular weight excluding hydrogens is 240 g/mol. The summed E-state index contributed by atoms with van der Waals surface area (Å²) in [6, 6.07) is 3.64. The zero-order chi connectivity index (χ0) is 11.5. The van der Waals surface area contributed by atoms with Crippen LogP contribution < -0.4 is 0 Å². The van der Waals surface area contributed by atoms with Gasteiger partial charge in [0.15, 0.2) is 10.1 Å². The van der Waals surface area contributed by atoms with Gasteiger partial charge in [0.1, 0.15) is 5.69 Å². The Morgan fingerprint density at radius 1 is 1.44 bits per heavy atom. The van der Waals surface area contributed by atoms with Crippen molar-refractivity contribution >= 4 is 28.9 Å². The van der Waals surface area contributed by atoms with E-state index in [2.05, 4.69) is 9.97 Å². The standard InChI is InChI=1S/C11H10N2OS2/c1-7-6-15-11(13-7)16-9-3-4-10(8(2)14)12-5-9/h3-6H,1-2H3. The molecule has 0 amide bonds. The molecule has 16 heavy (non-hydrogen) atoms. The highest BCUT2D eigenvalue weighted by Gasteiger charge is 2.04. The summed E-state index contributed by atoms with van der Waals surface area (Å²) in [5.74, 6) is -0.0124. The van der Waals surface area contributed by atoms with Crippen LogP contribution in [0.5, 0.6) is 0 Å². The van der Waals surface area contributed by atoms with Crippen LogP contribution in [0.2, 0.25) is 0 Å². The van der Waals surface area contributed by atoms with E-state index in [1.165, 1.54) is 6.92 Å². The fraction of sp³-hybridized carbons (Fsp3) is 0.182. The van der Waals surface area contributed by atoms with Crippen LogP contribution in [0.15, 0.2) is 32.9 Å². The van der Waals surface area contributed by atoms with Gasteiger partial charge < -0.3 is 0 Å². The Morgan fingerprint density at radius 3 is 2.75 bits per heavy atom. The number of carbonyl (C=O) groups is 1. The lowest BCUT2D eigenvalue weighted by Crippen LogP contribution is -1.95. The molecule has 82 valence electrons. The topological polar surface area (TPSA) is 42.9 Å². The van der Waals surface area contributed by atoms with Crippen LogP contribution in [-0.2, 0) is 0 Å². The zero-order valence-electron chi connectivity index (χ0n) is 8.93. The summed E-state index contributed by atoms with van der Waals surface area (Å²) >= 11 is 3.17. The second-order valence-electron chi connectivity index (χ2n) is 3.29. The third-order valence-electron chi connectivity index (χ3n) is 1.90. The number of aryl methyl sites for hydroxylation is 1. The Balaban J connectivity index is 2.14. The molecule has 5 heteroatoms. The molecule has 2 heterocycles. The van der Waals surface area contributed by atoms with Gasteiger partial charge in [0.25, 0.3) is 0 Å². The van der Waals surface area contributed by atoms with Crippen LogP contribution in [0.25, 0.3) is 0 Å². The van der Waals surface area contributed by atoms with Gasteiger partial charge in [0.2, 0.25) is 0 Å². The molecule has 0 saturated heterocycles. The monoisotopic (exact) mass is 250 g/mol. The molecule has 0 fully saturated rings.